The van der Waals surface area contributed by atoms with Crippen molar-refractivity contribution in [2.45, 2.75) is 6.92 Å². The quantitative estimate of drug-likeness (QED) is 0.904. The van der Waals surface area contributed by atoms with Crippen molar-refractivity contribution in [1.82, 2.24) is 0 Å². The van der Waals surface area contributed by atoms with Crippen molar-refractivity contribution >= 4 is 33.4 Å². The molecule has 0 radical (unpaired) electrons. The minimum Gasteiger partial charge on any atom is -0.394 e. The van der Waals surface area contributed by atoms with Crippen LogP contribution >= 0.6 is 22.7 Å². The Bertz CT molecular complexity index is 653. The molecule has 0 amide bonds. The van der Waals surface area contributed by atoms with E-state index in [1.807, 2.05) is 30.5 Å². The number of hydrogen-bond donors (Lipinski definition) is 2. The predicted octanol–water partition coefficient (Wildman–Crippen LogP) is 2.72. The van der Waals surface area contributed by atoms with Gasteiger partial charge in [0.25, 0.3) is 0 Å². The van der Waals surface area contributed by atoms with Gasteiger partial charge in [-0.3, -0.25) is 4.79 Å². The highest BCUT2D eigenvalue weighted by Gasteiger charge is 2.16. The molecule has 6 heteroatoms. The molecule has 2 aromatic heterocycles. The highest BCUT2D eigenvalue weighted by molar-refractivity contribution is 7.23. The van der Waals surface area contributed by atoms with Gasteiger partial charge >= 0.3 is 0 Å². The fourth-order valence-corrected chi connectivity index (χ4v) is 3.51. The molecule has 0 aliphatic rings. The van der Waals surface area contributed by atoms with Crippen LogP contribution in [0.2, 0.25) is 0 Å². The summed E-state index contributed by atoms with van der Waals surface area (Å²) in [5.41, 5.74) is 5.70. The molecule has 2 heterocycles. The Morgan fingerprint density at radius 2 is 2.33 bits per heavy atom. The summed E-state index contributed by atoms with van der Waals surface area (Å²) < 4.78 is 0. The Balaban J connectivity index is 2.71. The van der Waals surface area contributed by atoms with Gasteiger partial charge < -0.3 is 11.1 Å². The fourth-order valence-electron chi connectivity index (χ4n) is 1.53. The number of nitriles is 1. The molecule has 92 valence electrons. The third kappa shape index (κ3) is 2.10. The van der Waals surface area contributed by atoms with Crippen LogP contribution in [0.25, 0.3) is 9.75 Å². The van der Waals surface area contributed by atoms with Crippen LogP contribution in [-0.2, 0) is 0 Å². The molecule has 4 nitrogen and oxygen atoms in total. The standard InChI is InChI=1S/C12H11N3OS2/c1-2-15-12-7(6-13)10(16)9(14)11(18-12)8-4-3-5-17-8/h3-5,15H,2,14H2,1H3. The number of rotatable bonds is 3. The van der Waals surface area contributed by atoms with E-state index >= 15 is 0 Å². The number of hydrogen-bond acceptors (Lipinski definition) is 6. The lowest BCUT2D eigenvalue weighted by atomic mass is 10.2. The first-order valence-corrected chi connectivity index (χ1v) is 7.03. The summed E-state index contributed by atoms with van der Waals surface area (Å²) >= 11 is 2.87. The topological polar surface area (TPSA) is 78.9 Å². The average Bonchev–Trinajstić information content (AvgIpc) is 2.88. The molecule has 0 aliphatic carbocycles. The minimum absolute atomic E-state index is 0.0969. The summed E-state index contributed by atoms with van der Waals surface area (Å²) in [5.74, 6) is 0. The summed E-state index contributed by atoms with van der Waals surface area (Å²) in [4.78, 5) is 13.7. The number of thiophene rings is 1. The molecule has 0 aliphatic heterocycles. The van der Waals surface area contributed by atoms with E-state index in [0.717, 1.165) is 9.75 Å². The highest BCUT2D eigenvalue weighted by atomic mass is 32.1. The van der Waals surface area contributed by atoms with E-state index in [2.05, 4.69) is 5.32 Å². The molecule has 0 unspecified atom stereocenters. The molecule has 2 rings (SSSR count). The summed E-state index contributed by atoms with van der Waals surface area (Å²) in [7, 11) is 0. The van der Waals surface area contributed by atoms with Gasteiger partial charge in [-0.1, -0.05) is 6.07 Å². The number of nitrogens with one attached hydrogen (secondary N) is 1. The summed E-state index contributed by atoms with van der Waals surface area (Å²) in [5, 5.41) is 14.6. The van der Waals surface area contributed by atoms with Gasteiger partial charge in [0.15, 0.2) is 0 Å². The van der Waals surface area contributed by atoms with E-state index in [1.54, 1.807) is 0 Å². The molecule has 0 atom stereocenters. The lowest BCUT2D eigenvalue weighted by Crippen LogP contribution is -2.14. The van der Waals surface area contributed by atoms with Gasteiger partial charge in [0.2, 0.25) is 5.43 Å². The first-order valence-electron chi connectivity index (χ1n) is 5.33. The van der Waals surface area contributed by atoms with Gasteiger partial charge in [-0.25, -0.2) is 0 Å². The largest absolute Gasteiger partial charge is 0.394 e. The number of anilines is 2. The van der Waals surface area contributed by atoms with Gasteiger partial charge in [0.1, 0.15) is 22.3 Å². The van der Waals surface area contributed by atoms with Crippen molar-refractivity contribution in [2.75, 3.05) is 17.6 Å². The number of nitrogen functional groups attached to an aromatic ring is 1. The van der Waals surface area contributed by atoms with Crippen LogP contribution in [0.15, 0.2) is 22.3 Å². The molecular formula is C12H11N3OS2. The zero-order valence-corrected chi connectivity index (χ0v) is 11.3. The van der Waals surface area contributed by atoms with Crippen LogP contribution in [-0.4, -0.2) is 6.54 Å². The zero-order chi connectivity index (χ0) is 13.1. The van der Waals surface area contributed by atoms with Gasteiger partial charge in [-0.2, -0.15) is 5.26 Å². The average molecular weight is 277 g/mol. The Kier molecular flexibility index (Phi) is 3.65. The predicted molar refractivity (Wildman–Crippen MR) is 77.2 cm³/mol. The monoisotopic (exact) mass is 277 g/mol. The molecule has 0 saturated heterocycles. The van der Waals surface area contributed by atoms with Gasteiger partial charge in [-0.05, 0) is 18.4 Å². The normalized spacial score (nSPS) is 10.0. The SMILES string of the molecule is CCNc1sc(-c2cccs2)c(N)c(=O)c1C#N. The van der Waals surface area contributed by atoms with Crippen molar-refractivity contribution in [2.24, 2.45) is 0 Å². The first kappa shape index (κ1) is 12.6. The molecule has 0 bridgehead atoms. The van der Waals surface area contributed by atoms with Crippen LogP contribution in [0.5, 0.6) is 0 Å². The summed E-state index contributed by atoms with van der Waals surface area (Å²) in [6.45, 7) is 2.57. The number of nitrogens with zero attached hydrogens (tertiary/aromatic N) is 1. The van der Waals surface area contributed by atoms with E-state index in [9.17, 15) is 4.79 Å². The Morgan fingerprint density at radius 3 is 2.89 bits per heavy atom. The molecule has 0 fully saturated rings. The second kappa shape index (κ2) is 5.21. The third-order valence-electron chi connectivity index (χ3n) is 2.34. The molecule has 0 spiro atoms. The molecule has 0 aromatic carbocycles. The molecular weight excluding hydrogens is 266 g/mol. The van der Waals surface area contributed by atoms with Crippen LogP contribution in [0.3, 0.4) is 0 Å². The Hall–Kier alpha value is -1.84. The van der Waals surface area contributed by atoms with E-state index in [-0.39, 0.29) is 11.3 Å². The molecule has 0 saturated carbocycles. The fraction of sp³-hybridized carbons (Fsp3) is 0.167. The second-order valence-electron chi connectivity index (χ2n) is 3.50. The number of nitrogens with two attached hydrogens (primary N) is 1. The zero-order valence-electron chi connectivity index (χ0n) is 9.69. The maximum atomic E-state index is 12.0. The minimum atomic E-state index is -0.393. The van der Waals surface area contributed by atoms with Gasteiger partial charge in [0.05, 0.1) is 4.88 Å². The third-order valence-corrected chi connectivity index (χ3v) is 4.55. The molecule has 2 aromatic rings. The first-order chi connectivity index (χ1) is 8.69. The van der Waals surface area contributed by atoms with Crippen molar-refractivity contribution in [3.8, 4) is 15.8 Å². The van der Waals surface area contributed by atoms with Crippen molar-refractivity contribution < 1.29 is 0 Å². The van der Waals surface area contributed by atoms with E-state index in [1.165, 1.54) is 22.7 Å². The Labute approximate surface area is 112 Å². The van der Waals surface area contributed by atoms with E-state index in [0.29, 0.717) is 11.5 Å². The van der Waals surface area contributed by atoms with E-state index < -0.39 is 5.43 Å². The van der Waals surface area contributed by atoms with Crippen LogP contribution in [0.4, 0.5) is 10.7 Å². The van der Waals surface area contributed by atoms with E-state index in [4.69, 9.17) is 11.0 Å². The summed E-state index contributed by atoms with van der Waals surface area (Å²) in [6, 6.07) is 5.74. The van der Waals surface area contributed by atoms with Crippen molar-refractivity contribution in [1.29, 1.82) is 5.26 Å². The summed E-state index contributed by atoms with van der Waals surface area (Å²) in [6.07, 6.45) is 0. The molecule has 18 heavy (non-hydrogen) atoms. The van der Waals surface area contributed by atoms with Crippen LogP contribution in [0.1, 0.15) is 12.5 Å². The Morgan fingerprint density at radius 1 is 1.56 bits per heavy atom. The second-order valence-corrected chi connectivity index (χ2v) is 5.47. The van der Waals surface area contributed by atoms with Gasteiger partial charge in [0, 0.05) is 11.4 Å². The van der Waals surface area contributed by atoms with Crippen LogP contribution in [0, 0.1) is 11.3 Å². The van der Waals surface area contributed by atoms with Crippen molar-refractivity contribution in [3.05, 3.63) is 33.3 Å². The molecule has 3 N–H and O–H groups in total. The van der Waals surface area contributed by atoms with Crippen molar-refractivity contribution in [3.63, 3.8) is 0 Å². The maximum Gasteiger partial charge on any atom is 0.223 e. The maximum absolute atomic E-state index is 12.0. The lowest BCUT2D eigenvalue weighted by Gasteiger charge is -2.08. The van der Waals surface area contributed by atoms with Gasteiger partial charge in [-0.15, -0.1) is 22.7 Å². The van der Waals surface area contributed by atoms with Crippen LogP contribution < -0.4 is 16.5 Å². The smallest absolute Gasteiger partial charge is 0.223 e. The highest BCUT2D eigenvalue weighted by Crippen LogP contribution is 2.36. The lowest BCUT2D eigenvalue weighted by molar-refractivity contribution is 1.22.